The molecule has 88 heavy (non-hydrogen) atoms. The maximum Gasteiger partial charge on any atom is 0.185 e. The number of allylic oxidation sites excluding steroid dienone is 3. The highest BCUT2D eigenvalue weighted by molar-refractivity contribution is 6.32. The zero-order valence-electron chi connectivity index (χ0n) is 49.5. The van der Waals surface area contributed by atoms with Crippen molar-refractivity contribution in [3.8, 4) is 111 Å². The van der Waals surface area contributed by atoms with Gasteiger partial charge in [0.15, 0.2) is 5.60 Å². The van der Waals surface area contributed by atoms with Crippen LogP contribution in [0.4, 0.5) is 0 Å². The molecule has 0 N–H and O–H groups in total. The Bertz CT molecular complexity index is 4480. The summed E-state index contributed by atoms with van der Waals surface area (Å²) >= 11 is 0. The summed E-state index contributed by atoms with van der Waals surface area (Å²) in [4.78, 5) is 0. The number of ether oxygens (including phenoxy) is 1. The number of rotatable bonds is 12. The zero-order chi connectivity index (χ0) is 59.0. The average molecular weight is 1120 g/mol. The molecule has 1 nitrogen and oxygen atoms in total. The van der Waals surface area contributed by atoms with Gasteiger partial charge < -0.3 is 4.74 Å². The van der Waals surface area contributed by atoms with Crippen LogP contribution in [0.5, 0.6) is 0 Å². The smallest absolute Gasteiger partial charge is 0.185 e. The molecule has 414 valence electrons. The Morgan fingerprint density at radius 1 is 0.261 bits per heavy atom. The fraction of sp³-hybridized carbons (Fsp3) is 0.0353. The Labute approximate surface area is 519 Å². The number of hydrogen-bond acceptors (Lipinski definition) is 1. The minimum Gasteiger partial charge on any atom is -0.473 e. The van der Waals surface area contributed by atoms with Gasteiger partial charge >= 0.3 is 0 Å². The SMILES string of the molecule is BC1=CC2=C(CC1)c1ccc(B)cc1C(c1ccc(-c3cc(-c4ccccc4)c(-c4ccccc4)c(-c4ccccc4)c3-c3ccccc3)cc1)(c1ccc(-c3cc(-c4ccccc4)c(-c4ccccc4)c(-c4ccccc4)c3-c3ccccc3)cc1)O2. The van der Waals surface area contributed by atoms with E-state index in [1.165, 1.54) is 77.7 Å². The van der Waals surface area contributed by atoms with E-state index in [4.69, 9.17) is 4.74 Å². The Morgan fingerprint density at radius 3 is 0.886 bits per heavy atom. The molecule has 0 saturated heterocycles. The fourth-order valence-electron chi connectivity index (χ4n) is 13.9. The Hall–Kier alpha value is -10.7. The third kappa shape index (κ3) is 9.76. The summed E-state index contributed by atoms with van der Waals surface area (Å²) in [7, 11) is 4.45. The third-order valence-electron chi connectivity index (χ3n) is 18.0. The highest BCUT2D eigenvalue weighted by Gasteiger charge is 2.45. The lowest BCUT2D eigenvalue weighted by Crippen LogP contribution is -2.37. The summed E-state index contributed by atoms with van der Waals surface area (Å²) < 4.78 is 7.92. The summed E-state index contributed by atoms with van der Waals surface area (Å²) in [5.74, 6) is 0.944. The van der Waals surface area contributed by atoms with E-state index in [2.05, 4.69) is 343 Å². The van der Waals surface area contributed by atoms with Gasteiger partial charge in [0, 0.05) is 22.3 Å². The van der Waals surface area contributed by atoms with Crippen molar-refractivity contribution in [1.82, 2.24) is 0 Å². The molecule has 3 heteroatoms. The topological polar surface area (TPSA) is 9.23 Å². The first kappa shape index (κ1) is 54.0. The van der Waals surface area contributed by atoms with Gasteiger partial charge in [-0.05, 0) is 148 Å². The van der Waals surface area contributed by atoms with E-state index in [0.717, 1.165) is 90.9 Å². The van der Waals surface area contributed by atoms with Gasteiger partial charge in [0.05, 0.1) is 0 Å². The van der Waals surface area contributed by atoms with Crippen LogP contribution in [0.2, 0.25) is 0 Å². The minimum atomic E-state index is -1.03. The lowest BCUT2D eigenvalue weighted by atomic mass is 9.71. The Kier molecular flexibility index (Phi) is 14.3. The molecule has 0 fully saturated rings. The van der Waals surface area contributed by atoms with Crippen LogP contribution in [0.15, 0.2) is 339 Å². The number of benzene rings is 13. The molecule has 1 heterocycles. The van der Waals surface area contributed by atoms with Crippen molar-refractivity contribution >= 4 is 26.7 Å². The van der Waals surface area contributed by atoms with Crippen LogP contribution in [0.1, 0.15) is 35.1 Å². The highest BCUT2D eigenvalue weighted by atomic mass is 16.5. The van der Waals surface area contributed by atoms with Gasteiger partial charge in [0.2, 0.25) is 0 Å². The van der Waals surface area contributed by atoms with E-state index < -0.39 is 5.60 Å². The van der Waals surface area contributed by atoms with Gasteiger partial charge in [-0.3, -0.25) is 0 Å². The van der Waals surface area contributed by atoms with E-state index in [-0.39, 0.29) is 0 Å². The summed E-state index contributed by atoms with van der Waals surface area (Å²) in [6.45, 7) is 0. The summed E-state index contributed by atoms with van der Waals surface area (Å²) in [5.41, 5.74) is 30.7. The molecule has 1 aliphatic carbocycles. The lowest BCUT2D eigenvalue weighted by Gasteiger charge is -2.43. The molecule has 0 saturated carbocycles. The normalized spacial score (nSPS) is 13.2. The Morgan fingerprint density at radius 2 is 0.557 bits per heavy atom. The standard InChI is InChI=1S/C85H62B2O/c86-69-49-51-71-72-52-50-70(87)54-78(72)88-85(77(71)53-69,67-45-41-59(42-46-67)75-55-73(57-25-9-1-10-26-57)79(61-29-13-3-14-30-61)83(65-37-21-7-22-38-65)81(75)63-33-17-5-18-34-63)68-47-43-60(44-48-68)76-56-74(58-27-11-2-12-28-58)80(62-31-15-4-16-32-62)84(66-39-23-8-24-40-66)82(76)64-35-19-6-20-36-64/h1-49,51,53-56H,50,52,86-87H2. The van der Waals surface area contributed by atoms with Gasteiger partial charge in [0.25, 0.3) is 0 Å². The molecule has 0 bridgehead atoms. The fourth-order valence-corrected chi connectivity index (χ4v) is 13.9. The largest absolute Gasteiger partial charge is 0.473 e. The van der Waals surface area contributed by atoms with Gasteiger partial charge in [-0.25, -0.2) is 0 Å². The van der Waals surface area contributed by atoms with Crippen molar-refractivity contribution < 1.29 is 4.74 Å². The highest BCUT2D eigenvalue weighted by Crippen LogP contribution is 2.55. The molecule has 15 rings (SSSR count). The molecule has 1 aliphatic heterocycles. The van der Waals surface area contributed by atoms with Crippen LogP contribution in [-0.4, -0.2) is 15.7 Å². The lowest BCUT2D eigenvalue weighted by molar-refractivity contribution is 0.0753. The Balaban J connectivity index is 0.972. The predicted molar refractivity (Wildman–Crippen MR) is 376 cm³/mol. The second kappa shape index (κ2) is 23.3. The van der Waals surface area contributed by atoms with Crippen molar-refractivity contribution in [2.45, 2.75) is 18.4 Å². The summed E-state index contributed by atoms with van der Waals surface area (Å²) in [5, 5.41) is 0. The average Bonchev–Trinajstić information content (AvgIpc) is 0.917. The molecule has 0 radical (unpaired) electrons. The predicted octanol–water partition coefficient (Wildman–Crippen LogP) is 20.0. The molecular formula is C85H62B2O. The van der Waals surface area contributed by atoms with Crippen LogP contribution >= 0.6 is 0 Å². The van der Waals surface area contributed by atoms with Crippen LogP contribution < -0.4 is 5.46 Å². The molecule has 13 aromatic carbocycles. The second-order valence-electron chi connectivity index (χ2n) is 23.4. The molecule has 0 aromatic heterocycles. The van der Waals surface area contributed by atoms with E-state index >= 15 is 0 Å². The van der Waals surface area contributed by atoms with Crippen molar-refractivity contribution in [2.24, 2.45) is 0 Å². The van der Waals surface area contributed by atoms with Crippen LogP contribution in [-0.2, 0) is 10.3 Å². The first-order chi connectivity index (χ1) is 43.5. The quantitative estimate of drug-likeness (QED) is 0.111. The van der Waals surface area contributed by atoms with E-state index in [0.29, 0.717) is 0 Å². The van der Waals surface area contributed by atoms with Gasteiger partial charge in [0.1, 0.15) is 21.5 Å². The van der Waals surface area contributed by atoms with Crippen LogP contribution in [0.3, 0.4) is 0 Å². The summed E-state index contributed by atoms with van der Waals surface area (Å²) in [6.07, 6.45) is 4.22. The first-order valence-corrected chi connectivity index (χ1v) is 30.8. The minimum absolute atomic E-state index is 0.922. The monoisotopic (exact) mass is 1120 g/mol. The van der Waals surface area contributed by atoms with Gasteiger partial charge in [-0.1, -0.05) is 315 Å². The summed E-state index contributed by atoms with van der Waals surface area (Å²) in [6, 6.07) is 118. The zero-order valence-corrected chi connectivity index (χ0v) is 49.5. The molecule has 13 aromatic rings. The van der Waals surface area contributed by atoms with Crippen LogP contribution in [0.25, 0.3) is 117 Å². The number of fused-ring (bicyclic) bond motifs is 2. The number of hydrogen-bond donors (Lipinski definition) is 0. The molecule has 0 atom stereocenters. The molecule has 0 spiro atoms. The van der Waals surface area contributed by atoms with E-state index in [1.807, 2.05) is 0 Å². The van der Waals surface area contributed by atoms with E-state index in [1.54, 1.807) is 0 Å². The third-order valence-corrected chi connectivity index (χ3v) is 18.0. The van der Waals surface area contributed by atoms with Gasteiger partial charge in [-0.2, -0.15) is 0 Å². The van der Waals surface area contributed by atoms with Crippen molar-refractivity contribution in [1.29, 1.82) is 0 Å². The maximum atomic E-state index is 7.92. The molecular weight excluding hydrogens is 1060 g/mol. The molecule has 2 aliphatic rings. The van der Waals surface area contributed by atoms with Crippen molar-refractivity contribution in [3.63, 3.8) is 0 Å². The van der Waals surface area contributed by atoms with Crippen molar-refractivity contribution in [2.75, 3.05) is 0 Å². The molecule has 0 unspecified atom stereocenters. The van der Waals surface area contributed by atoms with Crippen molar-refractivity contribution in [3.05, 3.63) is 361 Å². The van der Waals surface area contributed by atoms with Crippen LogP contribution in [0, 0.1) is 0 Å². The first-order valence-electron chi connectivity index (χ1n) is 30.8. The van der Waals surface area contributed by atoms with E-state index in [9.17, 15) is 0 Å². The van der Waals surface area contributed by atoms with Gasteiger partial charge in [-0.15, -0.1) is 5.47 Å². The second-order valence-corrected chi connectivity index (χ2v) is 23.4. The maximum absolute atomic E-state index is 7.92. The molecule has 0 amide bonds.